The summed E-state index contributed by atoms with van der Waals surface area (Å²) in [5.74, 6) is 0.444. The first-order valence-corrected chi connectivity index (χ1v) is 5.91. The maximum absolute atomic E-state index is 10.8. The van der Waals surface area contributed by atoms with Crippen molar-refractivity contribution in [1.29, 1.82) is 0 Å². The van der Waals surface area contributed by atoms with Crippen LogP contribution in [0.2, 0.25) is 0 Å². The van der Waals surface area contributed by atoms with Gasteiger partial charge >= 0.3 is 0 Å². The molecule has 1 heteroatoms. The first-order chi connectivity index (χ1) is 6.76. The fraction of sp³-hybridized carbons (Fsp3) is 0.769. The van der Waals surface area contributed by atoms with Crippen molar-refractivity contribution in [2.75, 3.05) is 0 Å². The average Bonchev–Trinajstić information content (AvgIpc) is 2.18. The van der Waals surface area contributed by atoms with Gasteiger partial charge in [-0.25, -0.2) is 0 Å². The summed E-state index contributed by atoms with van der Waals surface area (Å²) in [5, 5.41) is 0. The highest BCUT2D eigenvalue weighted by Gasteiger charge is 2.05. The molecule has 0 heterocycles. The highest BCUT2D eigenvalue weighted by Crippen LogP contribution is 2.15. The number of rotatable bonds is 8. The minimum Gasteiger partial charge on any atom is -0.298 e. The van der Waals surface area contributed by atoms with E-state index in [1.165, 1.54) is 19.3 Å². The molecule has 0 fully saturated rings. The fourth-order valence-corrected chi connectivity index (χ4v) is 1.63. The lowest BCUT2D eigenvalue weighted by Gasteiger charge is -2.09. The molecular weight excluding hydrogens is 172 g/mol. The Bertz CT molecular complexity index is 170. The van der Waals surface area contributed by atoms with E-state index in [4.69, 9.17) is 0 Å². The van der Waals surface area contributed by atoms with Gasteiger partial charge in [-0.3, -0.25) is 4.79 Å². The normalized spacial score (nSPS) is 14.1. The van der Waals surface area contributed by atoms with Crippen molar-refractivity contribution < 1.29 is 4.79 Å². The van der Waals surface area contributed by atoms with E-state index < -0.39 is 0 Å². The summed E-state index contributed by atoms with van der Waals surface area (Å²) in [5.41, 5.74) is 1.00. The van der Waals surface area contributed by atoms with Crippen LogP contribution < -0.4 is 0 Å². The molecule has 14 heavy (non-hydrogen) atoms. The van der Waals surface area contributed by atoms with Crippen molar-refractivity contribution in [3.63, 3.8) is 0 Å². The van der Waals surface area contributed by atoms with Crippen molar-refractivity contribution in [1.82, 2.24) is 0 Å². The Labute approximate surface area is 88.6 Å². The number of hydrogen-bond acceptors (Lipinski definition) is 1. The second-order valence-electron chi connectivity index (χ2n) is 4.01. The predicted molar refractivity (Wildman–Crippen MR) is 62.4 cm³/mol. The molecule has 0 spiro atoms. The third-order valence-electron chi connectivity index (χ3n) is 2.61. The number of allylic oxidation sites excluding steroid dienone is 2. The Morgan fingerprint density at radius 3 is 2.43 bits per heavy atom. The molecule has 1 atom stereocenters. The van der Waals surface area contributed by atoms with Gasteiger partial charge in [0.1, 0.15) is 6.29 Å². The third-order valence-corrected chi connectivity index (χ3v) is 2.61. The van der Waals surface area contributed by atoms with Crippen molar-refractivity contribution in [2.45, 2.75) is 59.3 Å². The number of aldehydes is 1. The molecule has 0 aromatic carbocycles. The minimum atomic E-state index is 0.444. The van der Waals surface area contributed by atoms with Gasteiger partial charge in [-0.2, -0.15) is 0 Å². The molecule has 0 aliphatic heterocycles. The van der Waals surface area contributed by atoms with Gasteiger partial charge in [0, 0.05) is 0 Å². The van der Waals surface area contributed by atoms with Crippen LogP contribution >= 0.6 is 0 Å². The number of hydrogen-bond donors (Lipinski definition) is 0. The molecule has 0 saturated carbocycles. The summed E-state index contributed by atoms with van der Waals surface area (Å²) in [7, 11) is 0. The van der Waals surface area contributed by atoms with Crippen LogP contribution in [-0.4, -0.2) is 6.29 Å². The van der Waals surface area contributed by atoms with Gasteiger partial charge in [-0.1, -0.05) is 46.1 Å². The Morgan fingerprint density at radius 2 is 1.93 bits per heavy atom. The summed E-state index contributed by atoms with van der Waals surface area (Å²) in [6, 6.07) is 0. The maximum Gasteiger partial charge on any atom is 0.145 e. The molecule has 0 aromatic rings. The summed E-state index contributed by atoms with van der Waals surface area (Å²) in [6.45, 7) is 6.50. The van der Waals surface area contributed by atoms with Gasteiger partial charge < -0.3 is 0 Å². The van der Waals surface area contributed by atoms with Crippen LogP contribution in [0.3, 0.4) is 0 Å². The number of carbonyl (C=O) groups excluding carboxylic acids is 1. The minimum absolute atomic E-state index is 0.444. The van der Waals surface area contributed by atoms with Crippen molar-refractivity contribution in [3.8, 4) is 0 Å². The number of carbonyl (C=O) groups is 1. The average molecular weight is 196 g/mol. The quantitative estimate of drug-likeness (QED) is 0.324. The van der Waals surface area contributed by atoms with Crippen molar-refractivity contribution in [2.24, 2.45) is 5.92 Å². The summed E-state index contributed by atoms with van der Waals surface area (Å²) in [6.07, 6.45) is 10.2. The second-order valence-corrected chi connectivity index (χ2v) is 4.01. The molecule has 1 nitrogen and oxygen atoms in total. The fourth-order valence-electron chi connectivity index (χ4n) is 1.63. The monoisotopic (exact) mass is 196 g/mol. The van der Waals surface area contributed by atoms with Gasteiger partial charge in [0.05, 0.1) is 0 Å². The summed E-state index contributed by atoms with van der Waals surface area (Å²) < 4.78 is 0. The molecule has 0 aliphatic carbocycles. The van der Waals surface area contributed by atoms with E-state index in [9.17, 15) is 4.79 Å². The Balaban J connectivity index is 3.91. The van der Waals surface area contributed by atoms with Gasteiger partial charge in [0.15, 0.2) is 0 Å². The van der Waals surface area contributed by atoms with E-state index in [2.05, 4.69) is 26.8 Å². The van der Waals surface area contributed by atoms with Crippen LogP contribution in [0.4, 0.5) is 0 Å². The topological polar surface area (TPSA) is 17.1 Å². The zero-order chi connectivity index (χ0) is 10.8. The van der Waals surface area contributed by atoms with Gasteiger partial charge in [0.2, 0.25) is 0 Å². The zero-order valence-electron chi connectivity index (χ0n) is 9.88. The van der Waals surface area contributed by atoms with Crippen molar-refractivity contribution >= 4 is 6.29 Å². The van der Waals surface area contributed by atoms with Gasteiger partial charge in [-0.15, -0.1) is 0 Å². The van der Waals surface area contributed by atoms with Crippen LogP contribution in [-0.2, 0) is 4.79 Å². The van der Waals surface area contributed by atoms with Crippen molar-refractivity contribution in [3.05, 3.63) is 11.6 Å². The summed E-state index contributed by atoms with van der Waals surface area (Å²) in [4.78, 5) is 10.8. The standard InChI is InChI=1S/C13H24O/c1-4-6-7-8-10-13(11-14)12(3)9-5-2/h10-12H,4-9H2,1-3H3/b13-10+. The van der Waals surface area contributed by atoms with Crippen LogP contribution in [0.5, 0.6) is 0 Å². The molecule has 0 rings (SSSR count). The molecule has 0 bridgehead atoms. The molecule has 0 N–H and O–H groups in total. The molecule has 0 saturated heterocycles. The summed E-state index contributed by atoms with van der Waals surface area (Å²) >= 11 is 0. The second kappa shape index (κ2) is 8.98. The number of unbranched alkanes of at least 4 members (excludes halogenated alkanes) is 3. The largest absolute Gasteiger partial charge is 0.298 e. The molecule has 0 amide bonds. The van der Waals surface area contributed by atoms with E-state index in [1.807, 2.05) is 0 Å². The molecular formula is C13H24O. The van der Waals surface area contributed by atoms with E-state index in [0.717, 1.165) is 31.1 Å². The van der Waals surface area contributed by atoms with E-state index in [1.54, 1.807) is 0 Å². The zero-order valence-corrected chi connectivity index (χ0v) is 9.88. The Hall–Kier alpha value is -0.590. The van der Waals surface area contributed by atoms with Crippen LogP contribution in [0.1, 0.15) is 59.3 Å². The molecule has 82 valence electrons. The lowest BCUT2D eigenvalue weighted by molar-refractivity contribution is -0.105. The first-order valence-electron chi connectivity index (χ1n) is 5.91. The Kier molecular flexibility index (Phi) is 8.61. The lowest BCUT2D eigenvalue weighted by Crippen LogP contribution is -2.00. The maximum atomic E-state index is 10.8. The molecule has 1 unspecified atom stereocenters. The predicted octanol–water partition coefficient (Wildman–Crippen LogP) is 4.13. The lowest BCUT2D eigenvalue weighted by atomic mass is 9.96. The molecule has 0 aromatic heterocycles. The molecule has 0 aliphatic rings. The Morgan fingerprint density at radius 1 is 1.21 bits per heavy atom. The van der Waals surface area contributed by atoms with Crippen LogP contribution in [0.15, 0.2) is 11.6 Å². The van der Waals surface area contributed by atoms with Gasteiger partial charge in [-0.05, 0) is 30.8 Å². The van der Waals surface area contributed by atoms with E-state index in [0.29, 0.717) is 5.92 Å². The van der Waals surface area contributed by atoms with Crippen LogP contribution in [0.25, 0.3) is 0 Å². The smallest absolute Gasteiger partial charge is 0.145 e. The van der Waals surface area contributed by atoms with E-state index in [-0.39, 0.29) is 0 Å². The SMILES string of the molecule is CCCCC/C=C(\C=O)C(C)CCC. The van der Waals surface area contributed by atoms with E-state index >= 15 is 0 Å². The van der Waals surface area contributed by atoms with Gasteiger partial charge in [0.25, 0.3) is 0 Å². The van der Waals surface area contributed by atoms with Crippen LogP contribution in [0, 0.1) is 5.92 Å². The molecule has 0 radical (unpaired) electrons. The first kappa shape index (κ1) is 13.4. The third kappa shape index (κ3) is 5.95. The highest BCUT2D eigenvalue weighted by molar-refractivity contribution is 5.73. The highest BCUT2D eigenvalue weighted by atomic mass is 16.1.